The maximum Gasteiger partial charge on any atom is 0.416 e. The Kier molecular flexibility index (Phi) is 5.47. The van der Waals surface area contributed by atoms with Crippen molar-refractivity contribution >= 4 is 16.9 Å². The molecule has 156 valence electrons. The third-order valence-electron chi connectivity index (χ3n) is 5.64. The molecular formula is C23H21F3N2O2. The minimum atomic E-state index is -4.42. The molecule has 2 heterocycles. The number of fused-ring (bicyclic) bond motifs is 1. The van der Waals surface area contributed by atoms with Gasteiger partial charge in [-0.2, -0.15) is 13.2 Å². The van der Waals surface area contributed by atoms with E-state index in [1.54, 1.807) is 6.20 Å². The molecule has 1 aliphatic rings. The molecule has 1 aliphatic heterocycles. The van der Waals surface area contributed by atoms with Crippen LogP contribution >= 0.6 is 0 Å². The Labute approximate surface area is 172 Å². The fraction of sp³-hybridized carbons (Fsp3) is 0.304. The Morgan fingerprint density at radius 2 is 1.80 bits per heavy atom. The van der Waals surface area contributed by atoms with Crippen LogP contribution in [0.3, 0.4) is 0 Å². The van der Waals surface area contributed by atoms with Gasteiger partial charge in [0.05, 0.1) is 17.1 Å². The smallest absolute Gasteiger partial charge is 0.416 e. The average Bonchev–Trinajstić information content (AvgIpc) is 2.74. The van der Waals surface area contributed by atoms with Gasteiger partial charge in [0.2, 0.25) is 0 Å². The standard InChI is InChI=1S/C23H21F3N2O2/c24-23(25,26)18-10-8-15(9-11-18)21(28-12-4-3-7-20(28)22(29)30)17-13-16-5-1-2-6-19(16)27-14-17/h1-2,5-6,8-11,13-14,20-21H,3-4,7,12H2,(H,29,30). The first-order valence-corrected chi connectivity index (χ1v) is 9.85. The van der Waals surface area contributed by atoms with Crippen LogP contribution in [0, 0.1) is 0 Å². The molecule has 1 N–H and O–H groups in total. The van der Waals surface area contributed by atoms with E-state index in [1.807, 2.05) is 35.2 Å². The summed E-state index contributed by atoms with van der Waals surface area (Å²) in [6, 6.07) is 13.3. The summed E-state index contributed by atoms with van der Waals surface area (Å²) in [7, 11) is 0. The number of nitrogens with zero attached hydrogens (tertiary/aromatic N) is 2. The van der Waals surface area contributed by atoms with E-state index in [-0.39, 0.29) is 0 Å². The molecule has 7 heteroatoms. The van der Waals surface area contributed by atoms with Crippen molar-refractivity contribution in [3.63, 3.8) is 0 Å². The summed E-state index contributed by atoms with van der Waals surface area (Å²) in [6.07, 6.45) is -0.579. The van der Waals surface area contributed by atoms with E-state index >= 15 is 0 Å². The lowest BCUT2D eigenvalue weighted by molar-refractivity contribution is -0.145. The lowest BCUT2D eigenvalue weighted by Crippen LogP contribution is -2.46. The highest BCUT2D eigenvalue weighted by atomic mass is 19.4. The van der Waals surface area contributed by atoms with E-state index < -0.39 is 29.8 Å². The van der Waals surface area contributed by atoms with Gasteiger partial charge in [-0.15, -0.1) is 0 Å². The van der Waals surface area contributed by atoms with Crippen molar-refractivity contribution in [2.24, 2.45) is 0 Å². The van der Waals surface area contributed by atoms with Crippen LogP contribution in [0.1, 0.15) is 42.0 Å². The number of carboxylic acids is 1. The summed E-state index contributed by atoms with van der Waals surface area (Å²) in [4.78, 5) is 18.3. The average molecular weight is 414 g/mol. The zero-order valence-corrected chi connectivity index (χ0v) is 16.1. The Bertz CT molecular complexity index is 1050. The molecule has 0 saturated carbocycles. The molecule has 0 aliphatic carbocycles. The van der Waals surface area contributed by atoms with Gasteiger partial charge in [-0.1, -0.05) is 36.8 Å². The summed E-state index contributed by atoms with van der Waals surface area (Å²) in [5, 5.41) is 10.7. The quantitative estimate of drug-likeness (QED) is 0.631. The number of pyridine rings is 1. The number of likely N-dealkylation sites (tertiary alicyclic amines) is 1. The summed E-state index contributed by atoms with van der Waals surface area (Å²) in [5.74, 6) is -0.916. The molecule has 0 amide bonds. The Morgan fingerprint density at radius 1 is 1.07 bits per heavy atom. The van der Waals surface area contributed by atoms with E-state index in [2.05, 4.69) is 4.98 Å². The molecule has 0 radical (unpaired) electrons. The Balaban J connectivity index is 1.82. The molecule has 1 fully saturated rings. The molecule has 4 nitrogen and oxygen atoms in total. The second-order valence-corrected chi connectivity index (χ2v) is 7.57. The fourth-order valence-corrected chi connectivity index (χ4v) is 4.20. The zero-order valence-electron chi connectivity index (χ0n) is 16.1. The molecule has 0 spiro atoms. The maximum absolute atomic E-state index is 13.0. The van der Waals surface area contributed by atoms with Crippen molar-refractivity contribution in [3.05, 3.63) is 77.5 Å². The minimum Gasteiger partial charge on any atom is -0.480 e. The number of para-hydroxylation sites is 1. The van der Waals surface area contributed by atoms with Crippen LogP contribution in [0.15, 0.2) is 60.8 Å². The van der Waals surface area contributed by atoms with E-state index in [0.717, 1.165) is 41.4 Å². The van der Waals surface area contributed by atoms with Gasteiger partial charge < -0.3 is 5.11 Å². The second kappa shape index (κ2) is 8.07. The summed E-state index contributed by atoms with van der Waals surface area (Å²) in [6.45, 7) is 0.551. The van der Waals surface area contributed by atoms with Gasteiger partial charge in [-0.05, 0) is 54.8 Å². The SMILES string of the molecule is O=C(O)C1CCCCN1C(c1ccc(C(F)(F)F)cc1)c1cnc2ccccc2c1. The molecule has 2 atom stereocenters. The molecule has 30 heavy (non-hydrogen) atoms. The molecule has 1 aromatic heterocycles. The first kappa shape index (κ1) is 20.3. The van der Waals surface area contributed by atoms with E-state index in [0.29, 0.717) is 18.5 Å². The lowest BCUT2D eigenvalue weighted by Gasteiger charge is -2.39. The molecule has 3 aromatic rings. The van der Waals surface area contributed by atoms with Gasteiger partial charge in [0.15, 0.2) is 0 Å². The van der Waals surface area contributed by atoms with Crippen LogP contribution in [0.5, 0.6) is 0 Å². The van der Waals surface area contributed by atoms with Crippen LogP contribution in [0.25, 0.3) is 10.9 Å². The number of carbonyl (C=O) groups is 1. The number of piperidine rings is 1. The highest BCUT2D eigenvalue weighted by Crippen LogP contribution is 2.37. The predicted octanol–water partition coefficient (Wildman–Crippen LogP) is 5.28. The monoisotopic (exact) mass is 414 g/mol. The van der Waals surface area contributed by atoms with Gasteiger partial charge >= 0.3 is 12.1 Å². The van der Waals surface area contributed by atoms with Gasteiger partial charge in [0.1, 0.15) is 6.04 Å². The summed E-state index contributed by atoms with van der Waals surface area (Å²) in [5.41, 5.74) is 1.46. The molecule has 2 unspecified atom stereocenters. The topological polar surface area (TPSA) is 53.4 Å². The maximum atomic E-state index is 13.0. The number of aliphatic carboxylic acids is 1. The zero-order chi connectivity index (χ0) is 21.3. The fourth-order valence-electron chi connectivity index (χ4n) is 4.20. The number of rotatable bonds is 4. The molecule has 1 saturated heterocycles. The van der Waals surface area contributed by atoms with E-state index in [4.69, 9.17) is 0 Å². The number of hydrogen-bond donors (Lipinski definition) is 1. The first-order chi connectivity index (χ1) is 14.3. The van der Waals surface area contributed by atoms with Crippen LogP contribution < -0.4 is 0 Å². The van der Waals surface area contributed by atoms with Crippen LogP contribution in [0.4, 0.5) is 13.2 Å². The molecule has 0 bridgehead atoms. The van der Waals surface area contributed by atoms with Gasteiger partial charge in [0, 0.05) is 11.6 Å². The van der Waals surface area contributed by atoms with Gasteiger partial charge in [-0.3, -0.25) is 14.7 Å². The third kappa shape index (κ3) is 4.03. The van der Waals surface area contributed by atoms with Crippen LogP contribution in [-0.4, -0.2) is 33.5 Å². The summed E-state index contributed by atoms with van der Waals surface area (Å²) >= 11 is 0. The van der Waals surface area contributed by atoms with Crippen molar-refractivity contribution in [2.45, 2.75) is 37.5 Å². The number of benzene rings is 2. The first-order valence-electron chi connectivity index (χ1n) is 9.85. The normalized spacial score (nSPS) is 19.0. The lowest BCUT2D eigenvalue weighted by atomic mass is 9.91. The summed E-state index contributed by atoms with van der Waals surface area (Å²) < 4.78 is 39.1. The molecular weight excluding hydrogens is 393 g/mol. The highest BCUT2D eigenvalue weighted by Gasteiger charge is 2.36. The van der Waals surface area contributed by atoms with Crippen molar-refractivity contribution in [2.75, 3.05) is 6.54 Å². The Morgan fingerprint density at radius 3 is 2.50 bits per heavy atom. The number of aromatic nitrogens is 1. The number of carboxylic acid groups (broad SMARTS) is 1. The van der Waals surface area contributed by atoms with Gasteiger partial charge in [-0.25, -0.2) is 0 Å². The largest absolute Gasteiger partial charge is 0.480 e. The highest BCUT2D eigenvalue weighted by molar-refractivity contribution is 5.79. The second-order valence-electron chi connectivity index (χ2n) is 7.57. The van der Waals surface area contributed by atoms with Crippen molar-refractivity contribution in [1.82, 2.24) is 9.88 Å². The van der Waals surface area contributed by atoms with E-state index in [9.17, 15) is 23.1 Å². The third-order valence-corrected chi connectivity index (χ3v) is 5.64. The van der Waals surface area contributed by atoms with Gasteiger partial charge in [0.25, 0.3) is 0 Å². The minimum absolute atomic E-state index is 0.495. The van der Waals surface area contributed by atoms with Crippen molar-refractivity contribution in [1.29, 1.82) is 0 Å². The Hall–Kier alpha value is -2.93. The number of hydrogen-bond acceptors (Lipinski definition) is 3. The predicted molar refractivity (Wildman–Crippen MR) is 107 cm³/mol. The van der Waals surface area contributed by atoms with Crippen LogP contribution in [0.2, 0.25) is 0 Å². The number of halogens is 3. The van der Waals surface area contributed by atoms with Crippen molar-refractivity contribution < 1.29 is 23.1 Å². The van der Waals surface area contributed by atoms with Crippen LogP contribution in [-0.2, 0) is 11.0 Å². The van der Waals surface area contributed by atoms with E-state index in [1.165, 1.54) is 12.1 Å². The number of alkyl halides is 3. The molecule has 4 rings (SSSR count). The van der Waals surface area contributed by atoms with Crippen molar-refractivity contribution in [3.8, 4) is 0 Å². The molecule has 2 aromatic carbocycles.